The van der Waals surface area contributed by atoms with Gasteiger partial charge in [-0.05, 0) is 24.6 Å². The smallest absolute Gasteiger partial charge is 0.356 e. The normalized spacial score (nSPS) is 13.9. The third-order valence-corrected chi connectivity index (χ3v) is 5.16. The molecule has 140 valence electrons. The first-order valence-electron chi connectivity index (χ1n) is 8.30. The monoisotopic (exact) mass is 386 g/mol. The zero-order valence-electron chi connectivity index (χ0n) is 14.6. The first-order chi connectivity index (χ1) is 13.0. The Bertz CT molecular complexity index is 879. The molecule has 0 atom stereocenters. The highest BCUT2D eigenvalue weighted by Gasteiger charge is 2.21. The van der Waals surface area contributed by atoms with Gasteiger partial charge < -0.3 is 15.3 Å². The van der Waals surface area contributed by atoms with Gasteiger partial charge in [0.2, 0.25) is 0 Å². The van der Waals surface area contributed by atoms with Crippen molar-refractivity contribution >= 4 is 35.2 Å². The molecule has 1 aliphatic heterocycles. The molecule has 0 aliphatic carbocycles. The van der Waals surface area contributed by atoms with Gasteiger partial charge in [-0.15, -0.1) is 0 Å². The van der Waals surface area contributed by atoms with E-state index in [0.29, 0.717) is 29.9 Å². The average molecular weight is 386 g/mol. The van der Waals surface area contributed by atoms with Crippen LogP contribution in [-0.4, -0.2) is 62.4 Å². The second-order valence-corrected chi connectivity index (χ2v) is 7.15. The molecule has 0 unspecified atom stereocenters. The van der Waals surface area contributed by atoms with Gasteiger partial charge >= 0.3 is 5.97 Å². The van der Waals surface area contributed by atoms with Crippen LogP contribution in [0.3, 0.4) is 0 Å². The molecule has 8 nitrogen and oxygen atoms in total. The van der Waals surface area contributed by atoms with Gasteiger partial charge in [0, 0.05) is 35.8 Å². The highest BCUT2D eigenvalue weighted by Crippen LogP contribution is 2.22. The molecule has 3 rings (SSSR count). The Kier molecular flexibility index (Phi) is 5.70. The van der Waals surface area contributed by atoms with E-state index in [4.69, 9.17) is 5.11 Å². The summed E-state index contributed by atoms with van der Waals surface area (Å²) in [5, 5.41) is 11.5. The van der Waals surface area contributed by atoms with Crippen LogP contribution >= 0.6 is 11.8 Å². The van der Waals surface area contributed by atoms with Crippen LogP contribution in [0, 0.1) is 6.92 Å². The summed E-state index contributed by atoms with van der Waals surface area (Å²) in [6.45, 7) is 3.21. The minimum atomic E-state index is -1.22. The minimum absolute atomic E-state index is 0.0100. The van der Waals surface area contributed by atoms with E-state index < -0.39 is 11.9 Å². The molecule has 1 fully saturated rings. The molecule has 1 saturated heterocycles. The molecular weight excluding hydrogens is 368 g/mol. The fraction of sp³-hybridized carbons (Fsp3) is 0.278. The van der Waals surface area contributed by atoms with Gasteiger partial charge in [0.1, 0.15) is 5.69 Å². The van der Waals surface area contributed by atoms with Gasteiger partial charge in [-0.2, -0.15) is 11.8 Å². The maximum absolute atomic E-state index is 12.8. The van der Waals surface area contributed by atoms with Gasteiger partial charge in [-0.1, -0.05) is 6.07 Å². The molecule has 27 heavy (non-hydrogen) atoms. The first-order valence-corrected chi connectivity index (χ1v) is 9.46. The van der Waals surface area contributed by atoms with Crippen molar-refractivity contribution in [2.75, 3.05) is 29.9 Å². The van der Waals surface area contributed by atoms with Crippen molar-refractivity contribution in [3.8, 4) is 0 Å². The van der Waals surface area contributed by atoms with Gasteiger partial charge in [0.15, 0.2) is 5.69 Å². The third-order valence-electron chi connectivity index (χ3n) is 4.21. The quantitative estimate of drug-likeness (QED) is 0.825. The molecule has 0 saturated carbocycles. The van der Waals surface area contributed by atoms with Crippen LogP contribution in [0.15, 0.2) is 30.6 Å². The van der Waals surface area contributed by atoms with Crippen LogP contribution in [0.2, 0.25) is 0 Å². The Hall–Kier alpha value is -2.94. The Morgan fingerprint density at radius 3 is 2.41 bits per heavy atom. The van der Waals surface area contributed by atoms with Crippen LogP contribution in [0.25, 0.3) is 0 Å². The molecule has 1 aromatic carbocycles. The number of amides is 2. The number of carbonyl (C=O) groups is 3. The van der Waals surface area contributed by atoms with E-state index in [1.807, 2.05) is 16.7 Å². The van der Waals surface area contributed by atoms with Crippen molar-refractivity contribution in [1.82, 2.24) is 14.9 Å². The van der Waals surface area contributed by atoms with Crippen LogP contribution in [0.4, 0.5) is 5.69 Å². The number of carboxylic acid groups (broad SMARTS) is 1. The number of anilines is 1. The van der Waals surface area contributed by atoms with Gasteiger partial charge in [0.25, 0.3) is 11.8 Å². The van der Waals surface area contributed by atoms with Crippen molar-refractivity contribution < 1.29 is 19.5 Å². The number of carboxylic acids is 1. The van der Waals surface area contributed by atoms with Crippen molar-refractivity contribution in [3.63, 3.8) is 0 Å². The lowest BCUT2D eigenvalue weighted by atomic mass is 10.0. The predicted molar refractivity (Wildman–Crippen MR) is 101 cm³/mol. The van der Waals surface area contributed by atoms with E-state index in [-0.39, 0.29) is 17.3 Å². The summed E-state index contributed by atoms with van der Waals surface area (Å²) < 4.78 is 0. The van der Waals surface area contributed by atoms with Crippen LogP contribution in [0.1, 0.15) is 36.9 Å². The molecule has 1 aromatic heterocycles. The van der Waals surface area contributed by atoms with Crippen LogP contribution in [0.5, 0.6) is 0 Å². The van der Waals surface area contributed by atoms with E-state index in [1.165, 1.54) is 0 Å². The number of nitrogens with zero attached hydrogens (tertiary/aromatic N) is 3. The number of aromatic carboxylic acids is 1. The Labute approximate surface area is 160 Å². The summed E-state index contributed by atoms with van der Waals surface area (Å²) in [5.41, 5.74) is 1.47. The molecule has 0 radical (unpaired) electrons. The fourth-order valence-electron chi connectivity index (χ4n) is 2.68. The fourth-order valence-corrected chi connectivity index (χ4v) is 3.58. The highest BCUT2D eigenvalue weighted by molar-refractivity contribution is 7.99. The molecule has 2 amide bonds. The number of benzene rings is 1. The molecule has 2 N–H and O–H groups in total. The molecular formula is C18H18N4O4S. The molecule has 0 spiro atoms. The zero-order chi connectivity index (χ0) is 19.4. The maximum Gasteiger partial charge on any atom is 0.356 e. The number of hydrogen-bond donors (Lipinski definition) is 2. The Morgan fingerprint density at radius 1 is 1.11 bits per heavy atom. The lowest BCUT2D eigenvalue weighted by Gasteiger charge is -2.27. The van der Waals surface area contributed by atoms with E-state index in [9.17, 15) is 14.4 Å². The molecule has 1 aliphatic rings. The number of aromatic nitrogens is 2. The molecule has 2 aromatic rings. The Balaban J connectivity index is 1.77. The maximum atomic E-state index is 12.8. The first kappa shape index (κ1) is 18.8. The van der Waals surface area contributed by atoms with Crippen molar-refractivity contribution in [2.24, 2.45) is 0 Å². The van der Waals surface area contributed by atoms with Crippen molar-refractivity contribution in [3.05, 3.63) is 53.1 Å². The van der Waals surface area contributed by atoms with E-state index >= 15 is 0 Å². The third kappa shape index (κ3) is 4.25. The van der Waals surface area contributed by atoms with Crippen LogP contribution < -0.4 is 5.32 Å². The summed E-state index contributed by atoms with van der Waals surface area (Å²) in [6, 6.07) is 5.17. The summed E-state index contributed by atoms with van der Waals surface area (Å²) in [7, 11) is 0. The lowest BCUT2D eigenvalue weighted by molar-refractivity contribution is 0.0688. The highest BCUT2D eigenvalue weighted by atomic mass is 32.2. The number of rotatable bonds is 4. The van der Waals surface area contributed by atoms with E-state index in [0.717, 1.165) is 23.9 Å². The SMILES string of the molecule is Cc1c(NC(=O)c2cnc(C(=O)O)cn2)cccc1C(=O)N1CCSCC1. The second-order valence-electron chi connectivity index (χ2n) is 5.93. The molecule has 9 heteroatoms. The number of thioether (sulfide) groups is 1. The number of carbonyl (C=O) groups excluding carboxylic acids is 2. The van der Waals surface area contributed by atoms with E-state index in [1.54, 1.807) is 25.1 Å². The largest absolute Gasteiger partial charge is 0.476 e. The summed E-state index contributed by atoms with van der Waals surface area (Å²) in [6.07, 6.45) is 2.13. The predicted octanol–water partition coefficient (Wildman–Crippen LogP) is 1.92. The zero-order valence-corrected chi connectivity index (χ0v) is 15.5. The van der Waals surface area contributed by atoms with Gasteiger partial charge in [-0.3, -0.25) is 9.59 Å². The summed E-state index contributed by atoms with van der Waals surface area (Å²) in [5.74, 6) is 0.0574. The number of hydrogen-bond acceptors (Lipinski definition) is 6. The second kappa shape index (κ2) is 8.17. The van der Waals surface area contributed by atoms with Gasteiger partial charge in [-0.25, -0.2) is 14.8 Å². The van der Waals surface area contributed by atoms with E-state index in [2.05, 4.69) is 15.3 Å². The number of nitrogens with one attached hydrogen (secondary N) is 1. The van der Waals surface area contributed by atoms with Gasteiger partial charge in [0.05, 0.1) is 12.4 Å². The lowest BCUT2D eigenvalue weighted by Crippen LogP contribution is -2.38. The Morgan fingerprint density at radius 2 is 1.78 bits per heavy atom. The average Bonchev–Trinajstić information content (AvgIpc) is 2.69. The van der Waals surface area contributed by atoms with Crippen molar-refractivity contribution in [2.45, 2.75) is 6.92 Å². The molecule has 2 heterocycles. The van der Waals surface area contributed by atoms with Crippen LogP contribution in [-0.2, 0) is 0 Å². The summed E-state index contributed by atoms with van der Waals surface area (Å²) >= 11 is 1.83. The standard InChI is InChI=1S/C18H18N4O4S/c1-11-12(17(24)22-5-7-27-8-6-22)3-2-4-13(11)21-16(23)14-9-20-15(10-19-14)18(25)26/h2-4,9-10H,5-8H2,1H3,(H,21,23)(H,25,26). The molecule has 0 bridgehead atoms. The topological polar surface area (TPSA) is 112 Å². The van der Waals surface area contributed by atoms with Crippen molar-refractivity contribution in [1.29, 1.82) is 0 Å². The summed E-state index contributed by atoms with van der Waals surface area (Å²) in [4.78, 5) is 45.3. The minimum Gasteiger partial charge on any atom is -0.476 e.